The number of nitrogens with zero attached hydrogens (tertiary/aromatic N) is 1. The molecule has 1 aliphatic rings. The van der Waals surface area contributed by atoms with Gasteiger partial charge in [0.1, 0.15) is 0 Å². The van der Waals surface area contributed by atoms with Gasteiger partial charge in [0.15, 0.2) is 11.5 Å². The number of hydrogen-bond acceptors (Lipinski definition) is 3. The first-order valence-corrected chi connectivity index (χ1v) is 10.5. The van der Waals surface area contributed by atoms with Crippen molar-refractivity contribution in [2.75, 3.05) is 4.90 Å². The average molecular weight is 484 g/mol. The van der Waals surface area contributed by atoms with Crippen molar-refractivity contribution in [3.8, 4) is 0 Å². The summed E-state index contributed by atoms with van der Waals surface area (Å²) in [5.41, 5.74) is -0.192. The maximum absolute atomic E-state index is 13.3. The molecule has 1 amide bonds. The lowest BCUT2D eigenvalue weighted by molar-refractivity contribution is -0.137. The molecule has 3 aromatic rings. The number of rotatable bonds is 5. The summed E-state index contributed by atoms with van der Waals surface area (Å²) < 4.78 is 40.0. The molecule has 1 atom stereocenters. The largest absolute Gasteiger partial charge is 0.503 e. The predicted octanol–water partition coefficient (Wildman–Crippen LogP) is 6.54. The average Bonchev–Trinajstić information content (AvgIpc) is 3.09. The summed E-state index contributed by atoms with van der Waals surface area (Å²) in [5.74, 6) is -2.44. The number of ketones is 1. The van der Waals surface area contributed by atoms with Crippen molar-refractivity contribution in [3.05, 3.63) is 118 Å². The van der Waals surface area contributed by atoms with E-state index in [1.807, 2.05) is 6.07 Å². The summed E-state index contributed by atoms with van der Waals surface area (Å²) in [6.45, 7) is 0. The normalized spacial score (nSPS) is 16.5. The first kappa shape index (κ1) is 23.3. The summed E-state index contributed by atoms with van der Waals surface area (Å²) in [6.07, 6.45) is -1.90. The standard InChI is InChI=1S/C26H17ClF3NO3/c27-19-12-10-17(11-13-19)23-22(21(32)14-9-16-5-2-1-3-6-16)24(33)25(34)31(23)20-8-4-7-18(15-20)26(28,29)30/h1-15,23,33H/b14-9+/t23-/m0/s1. The van der Waals surface area contributed by atoms with Gasteiger partial charge in [0, 0.05) is 10.7 Å². The monoisotopic (exact) mass is 483 g/mol. The predicted molar refractivity (Wildman–Crippen MR) is 123 cm³/mol. The van der Waals surface area contributed by atoms with Crippen molar-refractivity contribution in [3.63, 3.8) is 0 Å². The molecule has 0 spiro atoms. The zero-order valence-electron chi connectivity index (χ0n) is 17.5. The first-order chi connectivity index (χ1) is 16.2. The van der Waals surface area contributed by atoms with Crippen LogP contribution in [0.25, 0.3) is 6.08 Å². The van der Waals surface area contributed by atoms with Crippen LogP contribution in [0.1, 0.15) is 22.7 Å². The summed E-state index contributed by atoms with van der Waals surface area (Å²) in [4.78, 5) is 27.2. The summed E-state index contributed by atoms with van der Waals surface area (Å²) in [7, 11) is 0. The van der Waals surface area contributed by atoms with E-state index in [4.69, 9.17) is 11.6 Å². The van der Waals surface area contributed by atoms with Crippen LogP contribution in [-0.4, -0.2) is 16.8 Å². The van der Waals surface area contributed by atoms with E-state index in [1.165, 1.54) is 30.4 Å². The van der Waals surface area contributed by atoms with Crippen LogP contribution in [0.5, 0.6) is 0 Å². The molecule has 8 heteroatoms. The molecular formula is C26H17ClF3NO3. The van der Waals surface area contributed by atoms with Crippen LogP contribution in [0.15, 0.2) is 96.3 Å². The Morgan fingerprint density at radius 1 is 0.971 bits per heavy atom. The molecule has 172 valence electrons. The second kappa shape index (κ2) is 9.19. The number of hydrogen-bond donors (Lipinski definition) is 1. The van der Waals surface area contributed by atoms with Crippen LogP contribution in [-0.2, 0) is 15.8 Å². The molecule has 0 radical (unpaired) electrons. The fraction of sp³-hybridized carbons (Fsp3) is 0.0769. The number of halogens is 4. The van der Waals surface area contributed by atoms with Gasteiger partial charge in [-0.05, 0) is 47.5 Å². The van der Waals surface area contributed by atoms with Gasteiger partial charge in [0.05, 0.1) is 17.2 Å². The van der Waals surface area contributed by atoms with Gasteiger partial charge in [-0.25, -0.2) is 0 Å². The van der Waals surface area contributed by atoms with E-state index in [9.17, 15) is 27.9 Å². The van der Waals surface area contributed by atoms with Crippen molar-refractivity contribution in [1.29, 1.82) is 0 Å². The lowest BCUT2D eigenvalue weighted by Crippen LogP contribution is -2.31. The minimum Gasteiger partial charge on any atom is -0.503 e. The van der Waals surface area contributed by atoms with Crippen molar-refractivity contribution < 1.29 is 27.9 Å². The van der Waals surface area contributed by atoms with E-state index < -0.39 is 35.2 Å². The Balaban J connectivity index is 1.81. The van der Waals surface area contributed by atoms with Gasteiger partial charge in [-0.2, -0.15) is 13.2 Å². The minimum absolute atomic E-state index is 0.110. The smallest absolute Gasteiger partial charge is 0.416 e. The second-order valence-corrected chi connectivity index (χ2v) is 7.98. The highest BCUT2D eigenvalue weighted by Gasteiger charge is 2.44. The van der Waals surface area contributed by atoms with Gasteiger partial charge in [0.25, 0.3) is 5.91 Å². The lowest BCUT2D eigenvalue weighted by atomic mass is 9.95. The Morgan fingerprint density at radius 3 is 2.29 bits per heavy atom. The topological polar surface area (TPSA) is 57.6 Å². The number of carbonyl (C=O) groups excluding carboxylic acids is 2. The molecule has 4 nitrogen and oxygen atoms in total. The quantitative estimate of drug-likeness (QED) is 0.419. The molecule has 0 unspecified atom stereocenters. The van der Waals surface area contributed by atoms with Crippen LogP contribution in [0.4, 0.5) is 18.9 Å². The molecule has 3 aromatic carbocycles. The van der Waals surface area contributed by atoms with E-state index in [0.717, 1.165) is 28.7 Å². The third-order valence-electron chi connectivity index (χ3n) is 5.34. The van der Waals surface area contributed by atoms with Gasteiger partial charge < -0.3 is 5.11 Å². The Morgan fingerprint density at radius 2 is 1.65 bits per heavy atom. The molecular weight excluding hydrogens is 467 g/mol. The van der Waals surface area contributed by atoms with E-state index in [2.05, 4.69) is 0 Å². The third-order valence-corrected chi connectivity index (χ3v) is 5.59. The SMILES string of the molecule is O=C(/C=C/c1ccccc1)C1=C(O)C(=O)N(c2cccc(C(F)(F)F)c2)[C@H]1c1ccc(Cl)cc1. The Labute approximate surface area is 198 Å². The molecule has 1 N–H and O–H groups in total. The summed E-state index contributed by atoms with van der Waals surface area (Å²) in [6, 6.07) is 18.1. The van der Waals surface area contributed by atoms with Gasteiger partial charge in [0.2, 0.25) is 0 Å². The van der Waals surface area contributed by atoms with Crippen LogP contribution < -0.4 is 4.90 Å². The van der Waals surface area contributed by atoms with Gasteiger partial charge in [-0.15, -0.1) is 0 Å². The van der Waals surface area contributed by atoms with Crippen molar-refractivity contribution in [2.24, 2.45) is 0 Å². The van der Waals surface area contributed by atoms with Crippen LogP contribution in [0.3, 0.4) is 0 Å². The van der Waals surface area contributed by atoms with Gasteiger partial charge in [-0.3, -0.25) is 14.5 Å². The van der Waals surface area contributed by atoms with Gasteiger partial charge >= 0.3 is 6.18 Å². The number of anilines is 1. The molecule has 0 saturated heterocycles. The molecule has 1 aliphatic heterocycles. The maximum Gasteiger partial charge on any atom is 0.416 e. The van der Waals surface area contributed by atoms with Crippen molar-refractivity contribution >= 4 is 35.1 Å². The summed E-state index contributed by atoms with van der Waals surface area (Å²) >= 11 is 5.97. The molecule has 34 heavy (non-hydrogen) atoms. The zero-order valence-corrected chi connectivity index (χ0v) is 18.2. The number of aliphatic hydroxyl groups excluding tert-OH is 1. The van der Waals surface area contributed by atoms with E-state index in [0.29, 0.717) is 10.6 Å². The number of aliphatic hydroxyl groups is 1. The molecule has 4 rings (SSSR count). The molecule has 0 aromatic heterocycles. The Bertz CT molecular complexity index is 1300. The van der Waals surface area contributed by atoms with E-state index >= 15 is 0 Å². The van der Waals surface area contributed by atoms with Crippen LogP contribution >= 0.6 is 11.6 Å². The highest BCUT2D eigenvalue weighted by atomic mass is 35.5. The van der Waals surface area contributed by atoms with Crippen LogP contribution in [0.2, 0.25) is 5.02 Å². The van der Waals surface area contributed by atoms with Crippen LogP contribution in [0, 0.1) is 0 Å². The van der Waals surface area contributed by atoms with Gasteiger partial charge in [-0.1, -0.05) is 66.2 Å². The Kier molecular flexibility index (Phi) is 6.30. The molecule has 0 aliphatic carbocycles. The number of alkyl halides is 3. The lowest BCUT2D eigenvalue weighted by Gasteiger charge is -2.27. The molecule has 0 saturated carbocycles. The molecule has 0 fully saturated rings. The van der Waals surface area contributed by atoms with Crippen molar-refractivity contribution in [1.82, 2.24) is 0 Å². The fourth-order valence-electron chi connectivity index (χ4n) is 3.74. The maximum atomic E-state index is 13.3. The number of benzene rings is 3. The number of allylic oxidation sites excluding steroid dienone is 1. The molecule has 0 bridgehead atoms. The van der Waals surface area contributed by atoms with E-state index in [1.54, 1.807) is 36.4 Å². The third kappa shape index (κ3) is 4.61. The summed E-state index contributed by atoms with van der Waals surface area (Å²) in [5, 5.41) is 11.1. The second-order valence-electron chi connectivity index (χ2n) is 7.55. The van der Waals surface area contributed by atoms with E-state index in [-0.39, 0.29) is 11.3 Å². The highest BCUT2D eigenvalue weighted by molar-refractivity contribution is 6.30. The number of carbonyl (C=O) groups is 2. The number of amides is 1. The fourth-order valence-corrected chi connectivity index (χ4v) is 3.87. The highest BCUT2D eigenvalue weighted by Crippen LogP contribution is 2.42. The Hall–Kier alpha value is -3.84. The first-order valence-electron chi connectivity index (χ1n) is 10.1. The van der Waals surface area contributed by atoms with Crippen molar-refractivity contribution in [2.45, 2.75) is 12.2 Å². The minimum atomic E-state index is -4.64. The zero-order chi connectivity index (χ0) is 24.5. The molecule has 1 heterocycles.